The Bertz CT molecular complexity index is 630. The quantitative estimate of drug-likeness (QED) is 0.783. The molecule has 2 rings (SSSR count). The summed E-state index contributed by atoms with van der Waals surface area (Å²) in [4.78, 5) is 26.1. The number of Topliss-reactive ketones (excluding diaryl/α,β-unsaturated/α-hetero) is 1. The Morgan fingerprint density at radius 3 is 2.52 bits per heavy atom. The molecule has 1 fully saturated rings. The molecule has 1 aliphatic rings. The minimum Gasteiger partial charge on any atom is -0.444 e. The van der Waals surface area contributed by atoms with Crippen molar-refractivity contribution in [3.05, 3.63) is 17.5 Å². The Labute approximate surface area is 148 Å². The van der Waals surface area contributed by atoms with E-state index in [1.54, 1.807) is 33.9 Å². The smallest absolute Gasteiger partial charge is 0.410 e. The normalized spacial score (nSPS) is 18.0. The van der Waals surface area contributed by atoms with Crippen LogP contribution in [0.5, 0.6) is 0 Å². The highest BCUT2D eigenvalue weighted by Gasteiger charge is 2.40. The fourth-order valence-electron chi connectivity index (χ4n) is 2.70. The number of carbonyl (C=O) groups is 2. The molecule has 1 aromatic rings. The maximum Gasteiger partial charge on any atom is 0.410 e. The molecule has 1 amide bonds. The van der Waals surface area contributed by atoms with Crippen LogP contribution in [0.3, 0.4) is 0 Å². The number of ether oxygens (including phenoxy) is 2. The number of methoxy groups -OCH3 is 1. The fourth-order valence-corrected chi connectivity index (χ4v) is 2.70. The van der Waals surface area contributed by atoms with Gasteiger partial charge >= 0.3 is 6.09 Å². The highest BCUT2D eigenvalue weighted by molar-refractivity contribution is 5.90. The first-order valence-corrected chi connectivity index (χ1v) is 8.51. The van der Waals surface area contributed by atoms with Gasteiger partial charge in [-0.2, -0.15) is 0 Å². The molecule has 2 heterocycles. The molecule has 0 saturated carbocycles. The molecule has 0 spiro atoms. The summed E-state index contributed by atoms with van der Waals surface area (Å²) in [5.74, 6) is 0.435. The molecule has 0 aromatic carbocycles. The molecule has 1 aromatic heterocycles. The number of hydrogen-bond acceptors (Lipinski definition) is 6. The molecule has 0 radical (unpaired) electrons. The Hall–Kier alpha value is -1.89. The molecule has 1 saturated heterocycles. The number of amides is 1. The third-order valence-electron chi connectivity index (χ3n) is 4.13. The molecular weight excluding hydrogens is 324 g/mol. The van der Waals surface area contributed by atoms with E-state index in [2.05, 4.69) is 5.16 Å². The van der Waals surface area contributed by atoms with Crippen LogP contribution in [-0.4, -0.2) is 53.8 Å². The first-order chi connectivity index (χ1) is 11.5. The van der Waals surface area contributed by atoms with Gasteiger partial charge in [-0.15, -0.1) is 0 Å². The first kappa shape index (κ1) is 19.4. The van der Waals surface area contributed by atoms with Gasteiger partial charge in [-0.25, -0.2) is 4.79 Å². The van der Waals surface area contributed by atoms with Crippen molar-refractivity contribution < 1.29 is 23.6 Å². The van der Waals surface area contributed by atoms with Crippen molar-refractivity contribution in [1.29, 1.82) is 0 Å². The lowest BCUT2D eigenvalue weighted by Gasteiger charge is -2.40. The SMILES string of the molecule is COCC(C)(C)c1cc(CC(=O)[C@@H]2CCN2C(=O)OC(C)(C)C)on1. The van der Waals surface area contributed by atoms with Crippen molar-refractivity contribution in [2.75, 3.05) is 20.3 Å². The molecule has 1 aliphatic heterocycles. The summed E-state index contributed by atoms with van der Waals surface area (Å²) in [6.07, 6.45) is 0.311. The van der Waals surface area contributed by atoms with E-state index in [1.165, 1.54) is 4.90 Å². The van der Waals surface area contributed by atoms with Gasteiger partial charge in [0.15, 0.2) is 5.78 Å². The standard InChI is InChI=1S/C18H28N2O5/c1-17(2,3)24-16(22)20-8-7-13(20)14(21)9-12-10-15(19-25-12)18(4,5)11-23-6/h10,13H,7-9,11H2,1-6H3/t13-/m0/s1. The van der Waals surface area contributed by atoms with Crippen LogP contribution >= 0.6 is 0 Å². The predicted octanol–water partition coefficient (Wildman–Crippen LogP) is 2.72. The first-order valence-electron chi connectivity index (χ1n) is 8.51. The summed E-state index contributed by atoms with van der Waals surface area (Å²) in [5, 5.41) is 4.05. The minimum atomic E-state index is -0.576. The van der Waals surface area contributed by atoms with Crippen LogP contribution in [0.2, 0.25) is 0 Å². The summed E-state index contributed by atoms with van der Waals surface area (Å²) >= 11 is 0. The molecular formula is C18H28N2O5. The van der Waals surface area contributed by atoms with Gasteiger partial charge in [-0.05, 0) is 27.2 Å². The highest BCUT2D eigenvalue weighted by Crippen LogP contribution is 2.26. The number of carbonyl (C=O) groups excluding carboxylic acids is 2. The average molecular weight is 352 g/mol. The van der Waals surface area contributed by atoms with Gasteiger partial charge in [0.1, 0.15) is 11.4 Å². The maximum absolute atomic E-state index is 12.5. The van der Waals surface area contributed by atoms with Crippen LogP contribution in [0.25, 0.3) is 0 Å². The maximum atomic E-state index is 12.5. The topological polar surface area (TPSA) is 81.9 Å². The highest BCUT2D eigenvalue weighted by atomic mass is 16.6. The monoisotopic (exact) mass is 352 g/mol. The van der Waals surface area contributed by atoms with Crippen molar-refractivity contribution in [3.8, 4) is 0 Å². The number of rotatable bonds is 6. The zero-order chi connectivity index (χ0) is 18.8. The molecule has 7 heteroatoms. The number of nitrogens with zero attached hydrogens (tertiary/aromatic N) is 2. The van der Waals surface area contributed by atoms with Gasteiger partial charge in [0, 0.05) is 25.1 Å². The molecule has 0 bridgehead atoms. The van der Waals surface area contributed by atoms with Crippen molar-refractivity contribution in [3.63, 3.8) is 0 Å². The van der Waals surface area contributed by atoms with E-state index in [0.29, 0.717) is 25.3 Å². The van der Waals surface area contributed by atoms with Crippen molar-refractivity contribution in [2.24, 2.45) is 0 Å². The van der Waals surface area contributed by atoms with E-state index in [9.17, 15) is 9.59 Å². The van der Waals surface area contributed by atoms with Crippen molar-refractivity contribution in [1.82, 2.24) is 10.1 Å². The van der Waals surface area contributed by atoms with E-state index in [-0.39, 0.29) is 17.6 Å². The van der Waals surface area contributed by atoms with Gasteiger partial charge in [-0.3, -0.25) is 9.69 Å². The Balaban J connectivity index is 1.96. The van der Waals surface area contributed by atoms with E-state index in [1.807, 2.05) is 13.8 Å². The summed E-state index contributed by atoms with van der Waals surface area (Å²) in [6.45, 7) is 10.4. The second kappa shape index (κ2) is 7.15. The van der Waals surface area contributed by atoms with Gasteiger partial charge in [-0.1, -0.05) is 19.0 Å². The zero-order valence-corrected chi connectivity index (χ0v) is 15.9. The van der Waals surface area contributed by atoms with E-state index in [0.717, 1.165) is 5.69 Å². The largest absolute Gasteiger partial charge is 0.444 e. The van der Waals surface area contributed by atoms with Crippen molar-refractivity contribution >= 4 is 11.9 Å². The third-order valence-corrected chi connectivity index (χ3v) is 4.13. The van der Waals surface area contributed by atoms with Gasteiger partial charge in [0.2, 0.25) is 0 Å². The summed E-state index contributed by atoms with van der Waals surface area (Å²) in [7, 11) is 1.63. The molecule has 25 heavy (non-hydrogen) atoms. The van der Waals surface area contributed by atoms with Crippen molar-refractivity contribution in [2.45, 2.75) is 64.5 Å². The van der Waals surface area contributed by atoms with Crippen LogP contribution in [0.1, 0.15) is 52.5 Å². The average Bonchev–Trinajstić information content (AvgIpc) is 2.83. The molecule has 140 valence electrons. The van der Waals surface area contributed by atoms with E-state index < -0.39 is 17.7 Å². The van der Waals surface area contributed by atoms with E-state index in [4.69, 9.17) is 14.0 Å². The molecule has 0 aliphatic carbocycles. The van der Waals surface area contributed by atoms with Crippen LogP contribution in [0.4, 0.5) is 4.79 Å². The Morgan fingerprint density at radius 2 is 2.00 bits per heavy atom. The van der Waals surface area contributed by atoms with Crippen LogP contribution in [0, 0.1) is 0 Å². The predicted molar refractivity (Wildman–Crippen MR) is 91.5 cm³/mol. The lowest BCUT2D eigenvalue weighted by molar-refractivity contribution is -0.128. The Morgan fingerprint density at radius 1 is 1.32 bits per heavy atom. The summed E-state index contributed by atoms with van der Waals surface area (Å²) in [6, 6.07) is 1.34. The lowest BCUT2D eigenvalue weighted by Crippen LogP contribution is -2.56. The number of ketones is 1. The number of likely N-dealkylation sites (tertiary alicyclic amines) is 1. The molecule has 7 nitrogen and oxygen atoms in total. The second-order valence-corrected chi connectivity index (χ2v) is 8.12. The number of hydrogen-bond donors (Lipinski definition) is 0. The van der Waals surface area contributed by atoms with Gasteiger partial charge < -0.3 is 14.0 Å². The molecule has 1 atom stereocenters. The minimum absolute atomic E-state index is 0.0654. The van der Waals surface area contributed by atoms with Gasteiger partial charge in [0.05, 0.1) is 24.8 Å². The van der Waals surface area contributed by atoms with Crippen LogP contribution in [-0.2, 0) is 26.1 Å². The van der Waals surface area contributed by atoms with E-state index >= 15 is 0 Å². The van der Waals surface area contributed by atoms with Crippen LogP contribution < -0.4 is 0 Å². The van der Waals surface area contributed by atoms with Gasteiger partial charge in [0.25, 0.3) is 0 Å². The Kier molecular flexibility index (Phi) is 5.56. The molecule has 0 N–H and O–H groups in total. The lowest BCUT2D eigenvalue weighted by atomic mass is 9.90. The third kappa shape index (κ3) is 4.81. The zero-order valence-electron chi connectivity index (χ0n) is 15.9. The fraction of sp³-hybridized carbons (Fsp3) is 0.722. The summed E-state index contributed by atoms with van der Waals surface area (Å²) in [5.41, 5.74) is -0.124. The van der Waals surface area contributed by atoms with Crippen LogP contribution in [0.15, 0.2) is 10.6 Å². The molecule has 0 unspecified atom stereocenters. The second-order valence-electron chi connectivity index (χ2n) is 8.12. The summed E-state index contributed by atoms with van der Waals surface area (Å²) < 4.78 is 15.8. The number of aromatic nitrogens is 1.